The first-order chi connectivity index (χ1) is 16.1. The van der Waals surface area contributed by atoms with Gasteiger partial charge < -0.3 is 15.4 Å². The summed E-state index contributed by atoms with van der Waals surface area (Å²) in [7, 11) is 0. The second-order valence-electron chi connectivity index (χ2n) is 8.47. The van der Waals surface area contributed by atoms with Gasteiger partial charge in [0.25, 0.3) is 0 Å². The number of benzene rings is 2. The zero-order chi connectivity index (χ0) is 23.7. The Labute approximate surface area is 199 Å². The van der Waals surface area contributed by atoms with Gasteiger partial charge in [-0.3, -0.25) is 9.59 Å². The van der Waals surface area contributed by atoms with Crippen molar-refractivity contribution in [3.8, 4) is 5.75 Å². The van der Waals surface area contributed by atoms with E-state index in [0.29, 0.717) is 23.7 Å². The van der Waals surface area contributed by atoms with Crippen LogP contribution in [-0.4, -0.2) is 18.4 Å². The van der Waals surface area contributed by atoms with Crippen LogP contribution in [0.25, 0.3) is 0 Å². The Morgan fingerprint density at radius 1 is 0.727 bits per heavy atom. The summed E-state index contributed by atoms with van der Waals surface area (Å²) in [4.78, 5) is 24.7. The molecule has 2 aromatic carbocycles. The highest BCUT2D eigenvalue weighted by Gasteiger charge is 2.16. The van der Waals surface area contributed by atoms with Crippen molar-refractivity contribution < 1.29 is 14.3 Å². The summed E-state index contributed by atoms with van der Waals surface area (Å²) in [5.74, 6) is -0.876. The van der Waals surface area contributed by atoms with E-state index in [1.54, 1.807) is 24.3 Å². The van der Waals surface area contributed by atoms with Gasteiger partial charge in [0.15, 0.2) is 0 Å². The molecule has 0 saturated heterocycles. The molecule has 0 heterocycles. The molecule has 2 N–H and O–H groups in total. The molecule has 0 spiro atoms. The van der Waals surface area contributed by atoms with Crippen LogP contribution in [0.15, 0.2) is 48.5 Å². The van der Waals surface area contributed by atoms with E-state index < -0.39 is 11.8 Å². The minimum atomic E-state index is -0.720. The van der Waals surface area contributed by atoms with Crippen LogP contribution in [0.1, 0.15) is 83.6 Å². The van der Waals surface area contributed by atoms with Crippen LogP contribution in [0.5, 0.6) is 5.75 Å². The second kappa shape index (κ2) is 15.9. The summed E-state index contributed by atoms with van der Waals surface area (Å²) < 4.78 is 5.49. The maximum Gasteiger partial charge on any atom is 0.314 e. The Kier molecular flexibility index (Phi) is 12.7. The lowest BCUT2D eigenvalue weighted by atomic mass is 10.0. The summed E-state index contributed by atoms with van der Waals surface area (Å²) in [5.41, 5.74) is 2.29. The van der Waals surface area contributed by atoms with Crippen molar-refractivity contribution in [1.29, 1.82) is 0 Å². The topological polar surface area (TPSA) is 67.4 Å². The third kappa shape index (κ3) is 10.6. The van der Waals surface area contributed by atoms with Gasteiger partial charge >= 0.3 is 11.8 Å². The van der Waals surface area contributed by atoms with Crippen molar-refractivity contribution in [2.75, 3.05) is 17.2 Å². The van der Waals surface area contributed by atoms with Crippen LogP contribution in [0.2, 0.25) is 0 Å². The number of nitrogens with one attached hydrogen (secondary N) is 2. The number of anilines is 2. The van der Waals surface area contributed by atoms with Crippen LogP contribution in [-0.2, 0) is 16.0 Å². The average molecular weight is 453 g/mol. The standard InChI is InChI=1S/C28H40N2O3/c1-3-5-6-7-8-9-10-11-12-13-17-23-18-16-19-24(22-23)29-27(31)28(32)30-25-20-14-15-21-26(25)33-4-2/h14-16,18-22H,3-13,17H2,1-2H3,(H,29,31)(H,30,32). The van der Waals surface area contributed by atoms with Gasteiger partial charge in [0, 0.05) is 5.69 Å². The quantitative estimate of drug-likeness (QED) is 0.223. The first-order valence-electron chi connectivity index (χ1n) is 12.6. The molecule has 0 aliphatic rings. The van der Waals surface area contributed by atoms with Crippen LogP contribution < -0.4 is 15.4 Å². The number of para-hydroxylation sites is 2. The lowest BCUT2D eigenvalue weighted by molar-refractivity contribution is -0.133. The minimum absolute atomic E-state index is 0.477. The Bertz CT molecular complexity index is 851. The molecule has 33 heavy (non-hydrogen) atoms. The number of carbonyl (C=O) groups is 2. The van der Waals surface area contributed by atoms with E-state index in [1.807, 2.05) is 25.1 Å². The van der Waals surface area contributed by atoms with Gasteiger partial charge in [0.1, 0.15) is 5.75 Å². The molecule has 0 atom stereocenters. The molecule has 0 saturated carbocycles. The first kappa shape index (κ1) is 26.4. The van der Waals surface area contributed by atoms with Gasteiger partial charge in [-0.2, -0.15) is 0 Å². The molecule has 0 aliphatic carbocycles. The van der Waals surface area contributed by atoms with E-state index in [-0.39, 0.29) is 0 Å². The Morgan fingerprint density at radius 2 is 1.36 bits per heavy atom. The molecule has 0 bridgehead atoms. The number of ether oxygens (including phenoxy) is 1. The number of aryl methyl sites for hydroxylation is 1. The van der Waals surface area contributed by atoms with E-state index in [1.165, 1.54) is 63.4 Å². The van der Waals surface area contributed by atoms with E-state index in [9.17, 15) is 9.59 Å². The number of unbranched alkanes of at least 4 members (excludes halogenated alkanes) is 9. The normalized spacial score (nSPS) is 10.6. The van der Waals surface area contributed by atoms with Gasteiger partial charge in [0.2, 0.25) is 0 Å². The summed E-state index contributed by atoms with van der Waals surface area (Å²) in [6, 6.07) is 14.8. The molecular formula is C28H40N2O3. The van der Waals surface area contributed by atoms with Crippen molar-refractivity contribution in [3.05, 3.63) is 54.1 Å². The number of hydrogen-bond acceptors (Lipinski definition) is 3. The van der Waals surface area contributed by atoms with Crippen molar-refractivity contribution >= 4 is 23.2 Å². The van der Waals surface area contributed by atoms with E-state index in [2.05, 4.69) is 23.6 Å². The fraction of sp³-hybridized carbons (Fsp3) is 0.500. The third-order valence-electron chi connectivity index (χ3n) is 5.65. The smallest absolute Gasteiger partial charge is 0.314 e. The average Bonchev–Trinajstić information content (AvgIpc) is 2.82. The number of amides is 2. The largest absolute Gasteiger partial charge is 0.492 e. The first-order valence-corrected chi connectivity index (χ1v) is 12.6. The molecule has 0 radical (unpaired) electrons. The maximum atomic E-state index is 12.4. The molecule has 0 aromatic heterocycles. The Morgan fingerprint density at radius 3 is 2.06 bits per heavy atom. The van der Waals surface area contributed by atoms with E-state index in [0.717, 1.165) is 12.8 Å². The van der Waals surface area contributed by atoms with Gasteiger partial charge in [-0.25, -0.2) is 0 Å². The Balaban J connectivity index is 1.71. The molecule has 2 rings (SSSR count). The second-order valence-corrected chi connectivity index (χ2v) is 8.47. The number of rotatable bonds is 15. The Hall–Kier alpha value is -2.82. The van der Waals surface area contributed by atoms with Crippen LogP contribution in [0, 0.1) is 0 Å². The highest BCUT2D eigenvalue weighted by atomic mass is 16.5. The molecule has 0 aliphatic heterocycles. The van der Waals surface area contributed by atoms with Gasteiger partial charge in [0.05, 0.1) is 12.3 Å². The minimum Gasteiger partial charge on any atom is -0.492 e. The fourth-order valence-corrected chi connectivity index (χ4v) is 3.84. The zero-order valence-corrected chi connectivity index (χ0v) is 20.3. The van der Waals surface area contributed by atoms with E-state index >= 15 is 0 Å². The van der Waals surface area contributed by atoms with Crippen molar-refractivity contribution in [2.24, 2.45) is 0 Å². The fourth-order valence-electron chi connectivity index (χ4n) is 3.84. The summed E-state index contributed by atoms with van der Waals surface area (Å²) >= 11 is 0. The van der Waals surface area contributed by atoms with Crippen LogP contribution >= 0.6 is 0 Å². The highest BCUT2D eigenvalue weighted by Crippen LogP contribution is 2.23. The third-order valence-corrected chi connectivity index (χ3v) is 5.65. The van der Waals surface area contributed by atoms with Gasteiger partial charge in [-0.15, -0.1) is 0 Å². The predicted molar refractivity (Wildman–Crippen MR) is 137 cm³/mol. The molecule has 5 heteroatoms. The van der Waals surface area contributed by atoms with E-state index in [4.69, 9.17) is 4.74 Å². The number of hydrogen-bond donors (Lipinski definition) is 2. The van der Waals surface area contributed by atoms with Crippen molar-refractivity contribution in [1.82, 2.24) is 0 Å². The van der Waals surface area contributed by atoms with Crippen LogP contribution in [0.4, 0.5) is 11.4 Å². The van der Waals surface area contributed by atoms with Crippen molar-refractivity contribution in [2.45, 2.75) is 84.5 Å². The number of carbonyl (C=O) groups excluding carboxylic acids is 2. The maximum absolute atomic E-state index is 12.4. The monoisotopic (exact) mass is 452 g/mol. The van der Waals surface area contributed by atoms with Crippen molar-refractivity contribution in [3.63, 3.8) is 0 Å². The molecule has 180 valence electrons. The lowest BCUT2D eigenvalue weighted by Crippen LogP contribution is -2.29. The molecule has 0 fully saturated rings. The predicted octanol–water partition coefficient (Wildman–Crippen LogP) is 7.13. The summed E-state index contributed by atoms with van der Waals surface area (Å²) in [6.07, 6.45) is 14.1. The SMILES string of the molecule is CCCCCCCCCCCCc1cccc(NC(=O)C(=O)Nc2ccccc2OCC)c1. The highest BCUT2D eigenvalue weighted by molar-refractivity contribution is 6.43. The van der Waals surface area contributed by atoms with Gasteiger partial charge in [-0.05, 0) is 49.6 Å². The summed E-state index contributed by atoms with van der Waals surface area (Å²) in [6.45, 7) is 4.60. The summed E-state index contributed by atoms with van der Waals surface area (Å²) in [5, 5.41) is 5.33. The van der Waals surface area contributed by atoms with Gasteiger partial charge in [-0.1, -0.05) is 89.0 Å². The molecular weight excluding hydrogens is 412 g/mol. The lowest BCUT2D eigenvalue weighted by Gasteiger charge is -2.11. The molecule has 2 aromatic rings. The molecule has 0 unspecified atom stereocenters. The zero-order valence-electron chi connectivity index (χ0n) is 20.3. The van der Waals surface area contributed by atoms with Crippen LogP contribution in [0.3, 0.4) is 0 Å². The molecule has 5 nitrogen and oxygen atoms in total. The molecule has 2 amide bonds.